The summed E-state index contributed by atoms with van der Waals surface area (Å²) in [5, 5.41) is 12.3. The van der Waals surface area contributed by atoms with Gasteiger partial charge in [-0.1, -0.05) is 0 Å². The predicted octanol–water partition coefficient (Wildman–Crippen LogP) is 2.57. The lowest BCUT2D eigenvalue weighted by molar-refractivity contribution is 0.0698. The largest absolute Gasteiger partial charge is 0.478 e. The second kappa shape index (κ2) is 3.95. The van der Waals surface area contributed by atoms with Crippen molar-refractivity contribution in [3.05, 3.63) is 23.8 Å². The standard InChI is InChI=1S/C13H18N2O2/c1-13(2,8-3-4-8)15-9-5-6-10(12(16)17)11(14)7-9/h5-8,15H,3-4,14H2,1-2H3,(H,16,17). The van der Waals surface area contributed by atoms with E-state index in [9.17, 15) is 4.79 Å². The summed E-state index contributed by atoms with van der Waals surface area (Å²) < 4.78 is 0. The van der Waals surface area contributed by atoms with Gasteiger partial charge in [-0.05, 0) is 50.8 Å². The van der Waals surface area contributed by atoms with Crippen LogP contribution in [-0.4, -0.2) is 16.6 Å². The van der Waals surface area contributed by atoms with Gasteiger partial charge in [0, 0.05) is 16.9 Å². The third-order valence-electron chi connectivity index (χ3n) is 3.35. The Kier molecular flexibility index (Phi) is 2.73. The lowest BCUT2D eigenvalue weighted by Crippen LogP contribution is -2.33. The summed E-state index contributed by atoms with van der Waals surface area (Å²) in [6.07, 6.45) is 2.51. The highest BCUT2D eigenvalue weighted by Crippen LogP contribution is 2.41. The molecule has 0 saturated heterocycles. The van der Waals surface area contributed by atoms with Crippen LogP contribution in [0.1, 0.15) is 37.0 Å². The van der Waals surface area contributed by atoms with Crippen molar-refractivity contribution in [2.45, 2.75) is 32.2 Å². The molecule has 0 unspecified atom stereocenters. The first-order chi connectivity index (χ1) is 7.90. The number of nitrogens with two attached hydrogens (primary N) is 1. The number of hydrogen-bond donors (Lipinski definition) is 3. The number of rotatable bonds is 4. The molecule has 4 heteroatoms. The fourth-order valence-electron chi connectivity index (χ4n) is 2.11. The Balaban J connectivity index is 2.17. The van der Waals surface area contributed by atoms with E-state index in [1.807, 2.05) is 0 Å². The molecule has 1 aromatic rings. The summed E-state index contributed by atoms with van der Waals surface area (Å²) in [6.45, 7) is 4.32. The molecule has 1 fully saturated rings. The minimum absolute atomic E-state index is 0.0389. The quantitative estimate of drug-likeness (QED) is 0.700. The van der Waals surface area contributed by atoms with Crippen LogP contribution in [0, 0.1) is 5.92 Å². The lowest BCUT2D eigenvalue weighted by Gasteiger charge is -2.27. The number of anilines is 2. The summed E-state index contributed by atoms with van der Waals surface area (Å²) in [7, 11) is 0. The van der Waals surface area contributed by atoms with Gasteiger partial charge >= 0.3 is 5.97 Å². The van der Waals surface area contributed by atoms with Crippen molar-refractivity contribution in [2.24, 2.45) is 5.92 Å². The van der Waals surface area contributed by atoms with Crippen molar-refractivity contribution in [2.75, 3.05) is 11.1 Å². The molecule has 0 atom stereocenters. The molecule has 0 heterocycles. The number of hydrogen-bond acceptors (Lipinski definition) is 3. The Morgan fingerprint density at radius 2 is 2.12 bits per heavy atom. The van der Waals surface area contributed by atoms with E-state index < -0.39 is 5.97 Å². The maximum absolute atomic E-state index is 10.8. The molecular formula is C13H18N2O2. The van der Waals surface area contributed by atoms with Gasteiger partial charge in [-0.2, -0.15) is 0 Å². The number of carboxylic acids is 1. The predicted molar refractivity (Wildman–Crippen MR) is 68.2 cm³/mol. The minimum atomic E-state index is -0.990. The Hall–Kier alpha value is -1.71. The molecule has 92 valence electrons. The van der Waals surface area contributed by atoms with E-state index >= 15 is 0 Å². The zero-order chi connectivity index (χ0) is 12.6. The van der Waals surface area contributed by atoms with E-state index in [4.69, 9.17) is 10.8 Å². The van der Waals surface area contributed by atoms with E-state index in [-0.39, 0.29) is 11.1 Å². The zero-order valence-corrected chi connectivity index (χ0v) is 10.2. The van der Waals surface area contributed by atoms with Gasteiger partial charge in [0.1, 0.15) is 0 Å². The molecule has 2 rings (SSSR count). The summed E-state index contributed by atoms with van der Waals surface area (Å²) in [5.74, 6) is -0.293. The average molecular weight is 234 g/mol. The van der Waals surface area contributed by atoms with Gasteiger partial charge in [0.05, 0.1) is 5.56 Å². The lowest BCUT2D eigenvalue weighted by atomic mass is 9.98. The van der Waals surface area contributed by atoms with E-state index in [0.29, 0.717) is 11.6 Å². The van der Waals surface area contributed by atoms with Gasteiger partial charge < -0.3 is 16.2 Å². The number of carboxylic acid groups (broad SMARTS) is 1. The number of aromatic carboxylic acids is 1. The molecule has 4 N–H and O–H groups in total. The van der Waals surface area contributed by atoms with Gasteiger partial charge in [0.25, 0.3) is 0 Å². The smallest absolute Gasteiger partial charge is 0.337 e. The molecule has 17 heavy (non-hydrogen) atoms. The Labute approximate surface area is 101 Å². The second-order valence-corrected chi connectivity index (χ2v) is 5.23. The van der Waals surface area contributed by atoms with Crippen LogP contribution in [0.5, 0.6) is 0 Å². The summed E-state index contributed by atoms with van der Waals surface area (Å²) in [4.78, 5) is 10.8. The number of carbonyl (C=O) groups is 1. The maximum atomic E-state index is 10.8. The van der Waals surface area contributed by atoms with Crippen LogP contribution in [0.25, 0.3) is 0 Å². The Morgan fingerprint density at radius 1 is 1.47 bits per heavy atom. The molecule has 0 spiro atoms. The highest BCUT2D eigenvalue weighted by Gasteiger charge is 2.37. The third-order valence-corrected chi connectivity index (χ3v) is 3.35. The maximum Gasteiger partial charge on any atom is 0.337 e. The van der Waals surface area contributed by atoms with Crippen molar-refractivity contribution >= 4 is 17.3 Å². The number of nitrogens with one attached hydrogen (secondary N) is 1. The van der Waals surface area contributed by atoms with Gasteiger partial charge in [-0.25, -0.2) is 4.79 Å². The van der Waals surface area contributed by atoms with Gasteiger partial charge in [-0.3, -0.25) is 0 Å². The van der Waals surface area contributed by atoms with E-state index in [0.717, 1.165) is 5.69 Å². The van der Waals surface area contributed by atoms with Gasteiger partial charge in [0.15, 0.2) is 0 Å². The van der Waals surface area contributed by atoms with Crippen LogP contribution < -0.4 is 11.1 Å². The first-order valence-corrected chi connectivity index (χ1v) is 5.81. The molecule has 0 bridgehead atoms. The third kappa shape index (κ3) is 2.52. The van der Waals surface area contributed by atoms with Crippen LogP contribution in [-0.2, 0) is 0 Å². The SMILES string of the molecule is CC(C)(Nc1ccc(C(=O)O)c(N)c1)C1CC1. The Bertz CT molecular complexity index is 451. The van der Waals surface area contributed by atoms with Gasteiger partial charge in [0.2, 0.25) is 0 Å². The molecule has 4 nitrogen and oxygen atoms in total. The molecule has 1 aliphatic carbocycles. The summed E-state index contributed by atoms with van der Waals surface area (Å²) in [5.41, 5.74) is 7.08. The van der Waals surface area contributed by atoms with Crippen LogP contribution in [0.4, 0.5) is 11.4 Å². The normalized spacial score (nSPS) is 15.6. The number of benzene rings is 1. The average Bonchev–Trinajstić information content (AvgIpc) is 2.98. The fourth-order valence-corrected chi connectivity index (χ4v) is 2.11. The molecule has 0 radical (unpaired) electrons. The van der Waals surface area contributed by atoms with E-state index in [2.05, 4.69) is 19.2 Å². The van der Waals surface area contributed by atoms with E-state index in [1.54, 1.807) is 18.2 Å². The van der Waals surface area contributed by atoms with E-state index in [1.165, 1.54) is 12.8 Å². The topological polar surface area (TPSA) is 75.3 Å². The fraction of sp³-hybridized carbons (Fsp3) is 0.462. The summed E-state index contributed by atoms with van der Waals surface area (Å²) >= 11 is 0. The molecule has 0 amide bonds. The highest BCUT2D eigenvalue weighted by molar-refractivity contribution is 5.94. The van der Waals surface area contributed by atoms with Crippen molar-refractivity contribution in [3.8, 4) is 0 Å². The Morgan fingerprint density at radius 3 is 2.59 bits per heavy atom. The van der Waals surface area contributed by atoms with Crippen LogP contribution in [0.2, 0.25) is 0 Å². The second-order valence-electron chi connectivity index (χ2n) is 5.23. The zero-order valence-electron chi connectivity index (χ0n) is 10.2. The molecular weight excluding hydrogens is 216 g/mol. The van der Waals surface area contributed by atoms with Crippen LogP contribution >= 0.6 is 0 Å². The van der Waals surface area contributed by atoms with Crippen molar-refractivity contribution < 1.29 is 9.90 Å². The molecule has 1 aromatic carbocycles. The van der Waals surface area contributed by atoms with Gasteiger partial charge in [-0.15, -0.1) is 0 Å². The molecule has 0 aliphatic heterocycles. The molecule has 1 aliphatic rings. The van der Waals surface area contributed by atoms with Crippen molar-refractivity contribution in [1.82, 2.24) is 0 Å². The van der Waals surface area contributed by atoms with Crippen molar-refractivity contribution in [1.29, 1.82) is 0 Å². The van der Waals surface area contributed by atoms with Crippen molar-refractivity contribution in [3.63, 3.8) is 0 Å². The molecule has 1 saturated carbocycles. The van der Waals surface area contributed by atoms with Crippen LogP contribution in [0.3, 0.4) is 0 Å². The minimum Gasteiger partial charge on any atom is -0.478 e. The highest BCUT2D eigenvalue weighted by atomic mass is 16.4. The molecule has 0 aromatic heterocycles. The monoisotopic (exact) mass is 234 g/mol. The first kappa shape index (κ1) is 11.8. The van der Waals surface area contributed by atoms with Crippen LogP contribution in [0.15, 0.2) is 18.2 Å². The number of nitrogen functional groups attached to an aromatic ring is 1. The summed E-state index contributed by atoms with van der Waals surface area (Å²) in [6, 6.07) is 5.00. The first-order valence-electron chi connectivity index (χ1n) is 5.81.